The maximum atomic E-state index is 8.71. The first-order valence-corrected chi connectivity index (χ1v) is 11.0. The summed E-state index contributed by atoms with van der Waals surface area (Å²) in [6.45, 7) is 0. The van der Waals surface area contributed by atoms with Crippen LogP contribution < -0.4 is 10.6 Å². The van der Waals surface area contributed by atoms with Gasteiger partial charge in [-0.15, -0.1) is 0 Å². The quantitative estimate of drug-likeness (QED) is 0.488. The normalized spacial score (nSPS) is 13.0. The van der Waals surface area contributed by atoms with E-state index in [2.05, 4.69) is 24.3 Å². The predicted octanol–water partition coefficient (Wildman–Crippen LogP) is 3.51. The van der Waals surface area contributed by atoms with E-state index in [1.807, 2.05) is 74.4 Å². The van der Waals surface area contributed by atoms with Crippen LogP contribution >= 0.6 is 15.2 Å². The molecule has 24 heavy (non-hydrogen) atoms. The molecule has 0 saturated heterocycles. The highest BCUT2D eigenvalue weighted by molar-refractivity contribution is 8.47. The second-order valence-electron chi connectivity index (χ2n) is 5.73. The Bertz CT molecular complexity index is 625. The van der Waals surface area contributed by atoms with Crippen molar-refractivity contribution in [3.63, 3.8) is 0 Å². The van der Waals surface area contributed by atoms with Gasteiger partial charge in [-0.3, -0.25) is 10.8 Å². The molecule has 2 atom stereocenters. The van der Waals surface area contributed by atoms with Crippen LogP contribution in [0.15, 0.2) is 60.7 Å². The number of hydrogen-bond donors (Lipinski definition) is 2. The molecule has 2 unspecified atom stereocenters. The molecule has 0 fully saturated rings. The molecule has 0 saturated carbocycles. The van der Waals surface area contributed by atoms with E-state index in [1.54, 1.807) is 0 Å². The molecule has 4 nitrogen and oxygen atoms in total. The van der Waals surface area contributed by atoms with Crippen LogP contribution in [0.2, 0.25) is 0 Å². The molecule has 0 aromatic heterocycles. The highest BCUT2D eigenvalue weighted by atomic mass is 32.1. The molecule has 0 aliphatic rings. The Balaban J connectivity index is 2.60. The SMILES string of the molecule is CN(C)C(=N)P(c1ccccc1)P(C(=N)N(C)C)c1ccccc1. The van der Waals surface area contributed by atoms with Gasteiger partial charge in [0.05, 0.1) is 0 Å². The fourth-order valence-corrected chi connectivity index (χ4v) is 9.57. The van der Waals surface area contributed by atoms with Gasteiger partial charge >= 0.3 is 0 Å². The van der Waals surface area contributed by atoms with Gasteiger partial charge in [-0.2, -0.15) is 0 Å². The molecule has 0 radical (unpaired) electrons. The minimum absolute atomic E-state index is 0.595. The number of nitrogens with one attached hydrogen (secondary N) is 2. The average molecular weight is 358 g/mol. The Morgan fingerprint density at radius 3 is 1.17 bits per heavy atom. The van der Waals surface area contributed by atoms with E-state index in [4.69, 9.17) is 10.8 Å². The third-order valence-corrected chi connectivity index (χ3v) is 10.7. The van der Waals surface area contributed by atoms with Gasteiger partial charge in [0.1, 0.15) is 11.2 Å². The van der Waals surface area contributed by atoms with Crippen LogP contribution in [-0.2, 0) is 0 Å². The largest absolute Gasteiger partial charge is 0.362 e. The van der Waals surface area contributed by atoms with Crippen LogP contribution in [0, 0.1) is 10.8 Å². The van der Waals surface area contributed by atoms with E-state index < -0.39 is 15.2 Å². The summed E-state index contributed by atoms with van der Waals surface area (Å²) >= 11 is 0. The number of amidine groups is 2. The van der Waals surface area contributed by atoms with Crippen molar-refractivity contribution < 1.29 is 0 Å². The van der Waals surface area contributed by atoms with Crippen LogP contribution in [0.5, 0.6) is 0 Å². The van der Waals surface area contributed by atoms with E-state index in [1.165, 1.54) is 0 Å². The molecule has 0 amide bonds. The maximum Gasteiger partial charge on any atom is 0.128 e. The molecule has 0 spiro atoms. The summed E-state index contributed by atoms with van der Waals surface area (Å²) in [4.78, 5) is 3.75. The van der Waals surface area contributed by atoms with E-state index in [0.717, 1.165) is 10.6 Å². The highest BCUT2D eigenvalue weighted by Gasteiger charge is 2.33. The molecule has 6 heteroatoms. The minimum atomic E-state index is -0.960. The molecule has 0 heterocycles. The van der Waals surface area contributed by atoms with E-state index in [0.29, 0.717) is 11.2 Å². The lowest BCUT2D eigenvalue weighted by atomic mass is 10.4. The third kappa shape index (κ3) is 4.20. The summed E-state index contributed by atoms with van der Waals surface area (Å²) in [5, 5.41) is 19.7. The standard InChI is InChI=1S/C18H24N4P2/c1-21(2)17(19)23(15-11-7-5-8-12-15)24(18(20)22(3)4)16-13-9-6-10-14-16/h5-14,19-20H,1-4H3. The third-order valence-electron chi connectivity index (χ3n) is 3.45. The molecule has 0 aliphatic heterocycles. The fourth-order valence-electron chi connectivity index (χ4n) is 2.18. The van der Waals surface area contributed by atoms with Gasteiger partial charge < -0.3 is 9.80 Å². The summed E-state index contributed by atoms with van der Waals surface area (Å²) in [5.41, 5.74) is 1.19. The molecule has 0 aliphatic carbocycles. The molecular weight excluding hydrogens is 334 g/mol. The Morgan fingerprint density at radius 1 is 0.625 bits per heavy atom. The Labute approximate surface area is 146 Å². The average Bonchev–Trinajstić information content (AvgIpc) is 2.59. The van der Waals surface area contributed by atoms with Crippen LogP contribution in [0.3, 0.4) is 0 Å². The van der Waals surface area contributed by atoms with E-state index >= 15 is 0 Å². The van der Waals surface area contributed by atoms with Crippen molar-refractivity contribution in [3.8, 4) is 0 Å². The van der Waals surface area contributed by atoms with Crippen LogP contribution in [0.25, 0.3) is 0 Å². The van der Waals surface area contributed by atoms with Crippen molar-refractivity contribution in [2.24, 2.45) is 0 Å². The maximum absolute atomic E-state index is 8.71. The van der Waals surface area contributed by atoms with Crippen molar-refractivity contribution in [2.45, 2.75) is 0 Å². The lowest BCUT2D eigenvalue weighted by Gasteiger charge is -2.34. The van der Waals surface area contributed by atoms with E-state index in [-0.39, 0.29) is 0 Å². The summed E-state index contributed by atoms with van der Waals surface area (Å²) < 4.78 is 0. The van der Waals surface area contributed by atoms with Gasteiger partial charge in [-0.05, 0) is 10.6 Å². The first-order valence-electron chi connectivity index (χ1n) is 7.65. The lowest BCUT2D eigenvalue weighted by molar-refractivity contribution is 0.630. The zero-order chi connectivity index (χ0) is 17.7. The van der Waals surface area contributed by atoms with Gasteiger partial charge in [0.2, 0.25) is 0 Å². The Hall–Kier alpha value is -1.76. The van der Waals surface area contributed by atoms with Gasteiger partial charge in [0.25, 0.3) is 0 Å². The second kappa shape index (κ2) is 8.37. The zero-order valence-electron chi connectivity index (χ0n) is 14.6. The molecule has 126 valence electrons. The van der Waals surface area contributed by atoms with Crippen LogP contribution in [-0.4, -0.2) is 49.1 Å². The van der Waals surface area contributed by atoms with Crippen molar-refractivity contribution >= 4 is 37.0 Å². The van der Waals surface area contributed by atoms with Gasteiger partial charge in [-0.1, -0.05) is 60.7 Å². The van der Waals surface area contributed by atoms with Crippen molar-refractivity contribution in [1.82, 2.24) is 9.80 Å². The topological polar surface area (TPSA) is 54.2 Å². The highest BCUT2D eigenvalue weighted by Crippen LogP contribution is 2.68. The van der Waals surface area contributed by atoms with E-state index in [9.17, 15) is 0 Å². The second-order valence-corrected chi connectivity index (χ2v) is 11.3. The number of rotatable bonds is 5. The van der Waals surface area contributed by atoms with Gasteiger partial charge in [0, 0.05) is 43.4 Å². The van der Waals surface area contributed by atoms with Gasteiger partial charge in [0.15, 0.2) is 0 Å². The van der Waals surface area contributed by atoms with Crippen LogP contribution in [0.4, 0.5) is 0 Å². The monoisotopic (exact) mass is 358 g/mol. The summed E-state index contributed by atoms with van der Waals surface area (Å²) in [7, 11) is 5.74. The first kappa shape index (κ1) is 18.6. The molecule has 0 bridgehead atoms. The zero-order valence-corrected chi connectivity index (χ0v) is 16.4. The summed E-state index contributed by atoms with van der Waals surface area (Å²) in [5.74, 6) is 0. The van der Waals surface area contributed by atoms with Crippen molar-refractivity contribution in [1.29, 1.82) is 10.8 Å². The minimum Gasteiger partial charge on any atom is -0.362 e. The summed E-state index contributed by atoms with van der Waals surface area (Å²) in [6.07, 6.45) is 0. The summed E-state index contributed by atoms with van der Waals surface area (Å²) in [6, 6.07) is 20.4. The first-order chi connectivity index (χ1) is 11.4. The van der Waals surface area contributed by atoms with Crippen molar-refractivity contribution in [3.05, 3.63) is 60.7 Å². The van der Waals surface area contributed by atoms with Crippen molar-refractivity contribution in [2.75, 3.05) is 28.2 Å². The molecular formula is C18H24N4P2. The Kier molecular flexibility index (Phi) is 6.48. The fraction of sp³-hybridized carbons (Fsp3) is 0.222. The number of benzene rings is 2. The number of hydrogen-bond acceptors (Lipinski definition) is 2. The molecule has 2 aromatic rings. The lowest BCUT2D eigenvalue weighted by Crippen LogP contribution is -2.29. The smallest absolute Gasteiger partial charge is 0.128 e. The molecule has 2 aromatic carbocycles. The Morgan fingerprint density at radius 2 is 0.917 bits per heavy atom. The molecule has 2 rings (SSSR count). The molecule has 2 N–H and O–H groups in total. The van der Waals surface area contributed by atoms with Gasteiger partial charge in [-0.25, -0.2) is 0 Å². The number of nitrogens with zero attached hydrogens (tertiary/aromatic N) is 2. The van der Waals surface area contributed by atoms with Crippen LogP contribution in [0.1, 0.15) is 0 Å². The predicted molar refractivity (Wildman–Crippen MR) is 109 cm³/mol.